The first kappa shape index (κ1) is 14.5. The molecule has 1 fully saturated rings. The van der Waals surface area contributed by atoms with Gasteiger partial charge in [-0.1, -0.05) is 25.1 Å². The predicted octanol–water partition coefficient (Wildman–Crippen LogP) is 1.54. The van der Waals surface area contributed by atoms with Gasteiger partial charge in [0.15, 0.2) is 0 Å². The molecule has 2 atom stereocenters. The molecule has 0 radical (unpaired) electrons. The highest BCUT2D eigenvalue weighted by Gasteiger charge is 2.29. The second-order valence-electron chi connectivity index (χ2n) is 4.87. The predicted molar refractivity (Wildman–Crippen MR) is 75.3 cm³/mol. The van der Waals surface area contributed by atoms with Crippen molar-refractivity contribution in [3.8, 4) is 5.75 Å². The fraction of sp³-hybridized carbons (Fsp3) is 0.467. The molecule has 2 rings (SSSR count). The maximum atomic E-state index is 11.8. The lowest BCUT2D eigenvalue weighted by molar-refractivity contribution is -0.134. The molecule has 1 aliphatic heterocycles. The molecule has 108 valence electrons. The monoisotopic (exact) mass is 276 g/mol. The van der Waals surface area contributed by atoms with Gasteiger partial charge in [-0.25, -0.2) is 0 Å². The smallest absolute Gasteiger partial charge is 0.243 e. The summed E-state index contributed by atoms with van der Waals surface area (Å²) in [5.41, 5.74) is 1.03. The van der Waals surface area contributed by atoms with Gasteiger partial charge in [0, 0.05) is 18.0 Å². The SMILES string of the molecule is CCC(NC1CCC(=O)NC1=O)c1ccccc1OC. The number of hydrogen-bond donors (Lipinski definition) is 2. The fourth-order valence-corrected chi connectivity index (χ4v) is 2.48. The van der Waals surface area contributed by atoms with Crippen LogP contribution >= 0.6 is 0 Å². The van der Waals surface area contributed by atoms with Crippen LogP contribution < -0.4 is 15.4 Å². The molecule has 5 heteroatoms. The van der Waals surface area contributed by atoms with E-state index < -0.39 is 0 Å². The van der Waals surface area contributed by atoms with Crippen LogP contribution in [0.1, 0.15) is 37.8 Å². The van der Waals surface area contributed by atoms with E-state index in [0.717, 1.165) is 17.7 Å². The molecule has 0 aromatic heterocycles. The van der Waals surface area contributed by atoms with Gasteiger partial charge in [0.25, 0.3) is 0 Å². The van der Waals surface area contributed by atoms with Crippen molar-refractivity contribution in [2.75, 3.05) is 7.11 Å². The summed E-state index contributed by atoms with van der Waals surface area (Å²) in [5, 5.41) is 5.69. The molecule has 1 heterocycles. The number of carbonyl (C=O) groups excluding carboxylic acids is 2. The Balaban J connectivity index is 2.13. The van der Waals surface area contributed by atoms with Crippen LogP contribution in [0.2, 0.25) is 0 Å². The van der Waals surface area contributed by atoms with Crippen LogP contribution in [0.5, 0.6) is 5.75 Å². The Kier molecular flexibility index (Phi) is 4.74. The number of rotatable bonds is 5. The number of piperidine rings is 1. The van der Waals surface area contributed by atoms with Gasteiger partial charge in [0.2, 0.25) is 11.8 Å². The summed E-state index contributed by atoms with van der Waals surface area (Å²) in [5.74, 6) is 0.368. The van der Waals surface area contributed by atoms with E-state index in [-0.39, 0.29) is 23.9 Å². The standard InChI is InChI=1S/C15H20N2O3/c1-3-11(10-6-4-5-7-13(10)20-2)16-12-8-9-14(18)17-15(12)19/h4-7,11-12,16H,3,8-9H2,1-2H3,(H,17,18,19). The third-order valence-corrected chi connectivity index (χ3v) is 3.56. The summed E-state index contributed by atoms with van der Waals surface area (Å²) in [6, 6.07) is 7.46. The lowest BCUT2D eigenvalue weighted by Gasteiger charge is -2.27. The zero-order chi connectivity index (χ0) is 14.5. The average molecular weight is 276 g/mol. The summed E-state index contributed by atoms with van der Waals surface area (Å²) >= 11 is 0. The van der Waals surface area contributed by atoms with E-state index >= 15 is 0 Å². The molecule has 2 N–H and O–H groups in total. The molecule has 1 aliphatic rings. The van der Waals surface area contributed by atoms with Crippen LogP contribution in [0.4, 0.5) is 0 Å². The highest BCUT2D eigenvalue weighted by Crippen LogP contribution is 2.27. The van der Waals surface area contributed by atoms with Crippen molar-refractivity contribution < 1.29 is 14.3 Å². The molecule has 0 spiro atoms. The van der Waals surface area contributed by atoms with E-state index in [1.165, 1.54) is 0 Å². The molecular formula is C15H20N2O3. The molecular weight excluding hydrogens is 256 g/mol. The first-order valence-corrected chi connectivity index (χ1v) is 6.88. The van der Waals surface area contributed by atoms with Gasteiger partial charge >= 0.3 is 0 Å². The van der Waals surface area contributed by atoms with Crippen LogP contribution in [-0.2, 0) is 9.59 Å². The van der Waals surface area contributed by atoms with E-state index in [0.29, 0.717) is 12.8 Å². The molecule has 1 aromatic carbocycles. The van der Waals surface area contributed by atoms with Gasteiger partial charge in [-0.05, 0) is 18.9 Å². The zero-order valence-electron chi connectivity index (χ0n) is 11.8. The Morgan fingerprint density at radius 1 is 1.40 bits per heavy atom. The quantitative estimate of drug-likeness (QED) is 0.801. The third kappa shape index (κ3) is 3.17. The van der Waals surface area contributed by atoms with E-state index in [1.807, 2.05) is 24.3 Å². The Morgan fingerprint density at radius 2 is 2.15 bits per heavy atom. The van der Waals surface area contributed by atoms with Gasteiger partial charge < -0.3 is 4.74 Å². The van der Waals surface area contributed by atoms with Gasteiger partial charge in [-0.2, -0.15) is 0 Å². The number of hydrogen-bond acceptors (Lipinski definition) is 4. The number of methoxy groups -OCH3 is 1. The molecule has 2 amide bonds. The lowest BCUT2D eigenvalue weighted by atomic mass is 9.99. The van der Waals surface area contributed by atoms with Crippen molar-refractivity contribution in [1.82, 2.24) is 10.6 Å². The van der Waals surface area contributed by atoms with E-state index in [4.69, 9.17) is 4.74 Å². The average Bonchev–Trinajstić information content (AvgIpc) is 2.46. The Hall–Kier alpha value is -1.88. The van der Waals surface area contributed by atoms with E-state index in [1.54, 1.807) is 7.11 Å². The minimum Gasteiger partial charge on any atom is -0.496 e. The molecule has 1 aromatic rings. The largest absolute Gasteiger partial charge is 0.496 e. The first-order valence-electron chi connectivity index (χ1n) is 6.88. The van der Waals surface area contributed by atoms with Gasteiger partial charge in [-0.15, -0.1) is 0 Å². The van der Waals surface area contributed by atoms with E-state index in [2.05, 4.69) is 17.6 Å². The molecule has 0 saturated carbocycles. The Morgan fingerprint density at radius 3 is 2.80 bits per heavy atom. The Labute approximate surface area is 118 Å². The normalized spacial score (nSPS) is 20.4. The summed E-state index contributed by atoms with van der Waals surface area (Å²) in [7, 11) is 1.64. The van der Waals surface area contributed by atoms with Crippen molar-refractivity contribution >= 4 is 11.8 Å². The van der Waals surface area contributed by atoms with Crippen molar-refractivity contribution in [3.63, 3.8) is 0 Å². The van der Waals surface area contributed by atoms with Gasteiger partial charge in [0.1, 0.15) is 5.75 Å². The lowest BCUT2D eigenvalue weighted by Crippen LogP contribution is -2.51. The minimum absolute atomic E-state index is 0.0232. The highest BCUT2D eigenvalue weighted by atomic mass is 16.5. The van der Waals surface area contributed by atoms with Gasteiger partial charge in [0.05, 0.1) is 13.2 Å². The Bertz CT molecular complexity index is 502. The first-order chi connectivity index (χ1) is 9.65. The fourth-order valence-electron chi connectivity index (χ4n) is 2.48. The molecule has 20 heavy (non-hydrogen) atoms. The summed E-state index contributed by atoms with van der Waals surface area (Å²) in [6.07, 6.45) is 1.75. The van der Waals surface area contributed by atoms with Gasteiger partial charge in [-0.3, -0.25) is 20.2 Å². The maximum Gasteiger partial charge on any atom is 0.243 e. The van der Waals surface area contributed by atoms with Crippen molar-refractivity contribution in [2.24, 2.45) is 0 Å². The van der Waals surface area contributed by atoms with Crippen molar-refractivity contribution in [2.45, 2.75) is 38.3 Å². The summed E-state index contributed by atoms with van der Waals surface area (Å²) in [4.78, 5) is 23.0. The van der Waals surface area contributed by atoms with Crippen LogP contribution in [0.3, 0.4) is 0 Å². The van der Waals surface area contributed by atoms with Crippen molar-refractivity contribution in [3.05, 3.63) is 29.8 Å². The number of amides is 2. The highest BCUT2D eigenvalue weighted by molar-refractivity contribution is 6.00. The number of benzene rings is 1. The second kappa shape index (κ2) is 6.52. The van der Waals surface area contributed by atoms with Crippen LogP contribution in [-0.4, -0.2) is 25.0 Å². The van der Waals surface area contributed by atoms with Crippen LogP contribution in [0.15, 0.2) is 24.3 Å². The maximum absolute atomic E-state index is 11.8. The zero-order valence-corrected chi connectivity index (χ0v) is 11.8. The molecule has 2 unspecified atom stereocenters. The van der Waals surface area contributed by atoms with Crippen LogP contribution in [0.25, 0.3) is 0 Å². The summed E-state index contributed by atoms with van der Waals surface area (Å²) in [6.45, 7) is 2.05. The molecule has 0 aliphatic carbocycles. The number of ether oxygens (including phenoxy) is 1. The summed E-state index contributed by atoms with van der Waals surface area (Å²) < 4.78 is 5.37. The van der Waals surface area contributed by atoms with Crippen LogP contribution in [0, 0.1) is 0 Å². The van der Waals surface area contributed by atoms with Crippen molar-refractivity contribution in [1.29, 1.82) is 0 Å². The number of para-hydroxylation sites is 1. The number of carbonyl (C=O) groups is 2. The number of nitrogens with one attached hydrogen (secondary N) is 2. The topological polar surface area (TPSA) is 67.4 Å². The second-order valence-corrected chi connectivity index (χ2v) is 4.87. The minimum atomic E-state index is -0.331. The molecule has 1 saturated heterocycles. The molecule has 0 bridgehead atoms. The van der Waals surface area contributed by atoms with E-state index in [9.17, 15) is 9.59 Å². The third-order valence-electron chi connectivity index (χ3n) is 3.56. The number of imide groups is 1. The molecule has 5 nitrogen and oxygen atoms in total.